The minimum absolute atomic E-state index is 0.226. The van der Waals surface area contributed by atoms with E-state index < -0.39 is 0 Å². The summed E-state index contributed by atoms with van der Waals surface area (Å²) in [5.74, 6) is 2.93. The van der Waals surface area contributed by atoms with Gasteiger partial charge in [-0.3, -0.25) is 0 Å². The van der Waals surface area contributed by atoms with Gasteiger partial charge in [-0.1, -0.05) is 24.6 Å². The fourth-order valence-corrected chi connectivity index (χ4v) is 4.69. The fraction of sp³-hybridized carbons (Fsp3) is 0.400. The maximum absolute atomic E-state index is 9.48. The minimum Gasteiger partial charge on any atom is -0.495 e. The summed E-state index contributed by atoms with van der Waals surface area (Å²) in [6, 6.07) is 13.5. The van der Waals surface area contributed by atoms with E-state index in [-0.39, 0.29) is 6.61 Å². The average Bonchev–Trinajstić information content (AvgIpc) is 2.86. The molecule has 7 nitrogen and oxygen atoms in total. The lowest BCUT2D eigenvalue weighted by atomic mass is 9.86. The zero-order valence-corrected chi connectivity index (χ0v) is 19.6. The van der Waals surface area contributed by atoms with Gasteiger partial charge in [-0.15, -0.1) is 10.2 Å². The van der Waals surface area contributed by atoms with Gasteiger partial charge >= 0.3 is 0 Å². The van der Waals surface area contributed by atoms with Crippen molar-refractivity contribution >= 4 is 34.0 Å². The molecule has 172 valence electrons. The molecule has 3 aromatic rings. The van der Waals surface area contributed by atoms with E-state index in [1.807, 2.05) is 36.4 Å². The van der Waals surface area contributed by atoms with Crippen LogP contribution in [0.15, 0.2) is 36.4 Å². The summed E-state index contributed by atoms with van der Waals surface area (Å²) in [6.07, 6.45) is 2.03. The smallest absolute Gasteiger partial charge is 0.159 e. The third-order valence-electron chi connectivity index (χ3n) is 6.50. The molecule has 0 aliphatic carbocycles. The van der Waals surface area contributed by atoms with Gasteiger partial charge in [0.2, 0.25) is 0 Å². The predicted octanol–water partition coefficient (Wildman–Crippen LogP) is 4.62. The summed E-state index contributed by atoms with van der Waals surface area (Å²) >= 11 is 6.26. The van der Waals surface area contributed by atoms with Crippen molar-refractivity contribution in [2.75, 3.05) is 37.0 Å². The highest BCUT2D eigenvalue weighted by atomic mass is 35.5. The first-order chi connectivity index (χ1) is 16.0. The van der Waals surface area contributed by atoms with Gasteiger partial charge in [-0.05, 0) is 60.6 Å². The van der Waals surface area contributed by atoms with Crippen molar-refractivity contribution in [1.29, 1.82) is 5.26 Å². The Morgan fingerprint density at radius 2 is 2.00 bits per heavy atom. The molecule has 1 aliphatic heterocycles. The summed E-state index contributed by atoms with van der Waals surface area (Å²) in [5.41, 5.74) is 1.56. The summed E-state index contributed by atoms with van der Waals surface area (Å²) in [6.45, 7) is 4.58. The average molecular weight is 466 g/mol. The van der Waals surface area contributed by atoms with Crippen LogP contribution in [0.5, 0.6) is 5.75 Å². The van der Waals surface area contributed by atoms with E-state index in [1.165, 1.54) is 0 Å². The minimum atomic E-state index is 0.226. The molecule has 0 amide bonds. The zero-order valence-electron chi connectivity index (χ0n) is 18.9. The number of methoxy groups -OCH3 is 1. The Labute approximate surface area is 198 Å². The second-order valence-electron chi connectivity index (χ2n) is 8.55. The molecule has 0 saturated carbocycles. The number of piperidine rings is 1. The topological polar surface area (TPSA) is 94.3 Å². The molecule has 0 radical (unpaired) electrons. The van der Waals surface area contributed by atoms with Gasteiger partial charge < -0.3 is 20.1 Å². The Morgan fingerprint density at radius 1 is 1.21 bits per heavy atom. The van der Waals surface area contributed by atoms with Crippen LogP contribution in [-0.4, -0.2) is 42.1 Å². The maximum Gasteiger partial charge on any atom is 0.159 e. The highest BCUT2D eigenvalue weighted by Gasteiger charge is 2.25. The van der Waals surface area contributed by atoms with Crippen molar-refractivity contribution in [1.82, 2.24) is 10.2 Å². The van der Waals surface area contributed by atoms with Gasteiger partial charge in [0.15, 0.2) is 11.6 Å². The van der Waals surface area contributed by atoms with Gasteiger partial charge in [0.1, 0.15) is 5.75 Å². The number of nitrogens with one attached hydrogen (secondary N) is 1. The number of aliphatic hydroxyl groups is 1. The molecule has 8 heteroatoms. The van der Waals surface area contributed by atoms with Crippen molar-refractivity contribution < 1.29 is 9.84 Å². The molecule has 2 N–H and O–H groups in total. The summed E-state index contributed by atoms with van der Waals surface area (Å²) < 4.78 is 5.22. The van der Waals surface area contributed by atoms with Gasteiger partial charge in [-0.25, -0.2) is 0 Å². The van der Waals surface area contributed by atoms with E-state index in [1.54, 1.807) is 7.11 Å². The molecule has 1 atom stereocenters. The number of rotatable bonds is 7. The van der Waals surface area contributed by atoms with E-state index in [4.69, 9.17) is 16.3 Å². The molecule has 1 aromatic heterocycles. The van der Waals surface area contributed by atoms with Gasteiger partial charge in [0, 0.05) is 37.0 Å². The number of anilines is 2. The highest BCUT2D eigenvalue weighted by Crippen LogP contribution is 2.33. The Bertz CT molecular complexity index is 1170. The second-order valence-corrected chi connectivity index (χ2v) is 8.96. The first-order valence-electron chi connectivity index (χ1n) is 11.2. The van der Waals surface area contributed by atoms with Crippen molar-refractivity contribution in [2.24, 2.45) is 11.8 Å². The van der Waals surface area contributed by atoms with Gasteiger partial charge in [-0.2, -0.15) is 5.26 Å². The second kappa shape index (κ2) is 10.2. The van der Waals surface area contributed by atoms with Crippen LogP contribution in [0, 0.1) is 23.2 Å². The molecule has 2 heterocycles. The monoisotopic (exact) mass is 465 g/mol. The standard InChI is InChI=1S/C25H28ClN5O2/c1-16(15-32)19-7-9-31(10-8-19)25-20-5-3-17(13-27)11-21(20)24(29-30-25)28-14-18-4-6-23(33-2)22(26)12-18/h3-6,11-12,16,19,32H,7-10,14-15H2,1-2H3,(H,28,29). The fourth-order valence-electron chi connectivity index (χ4n) is 4.41. The molecular formula is C25H28ClN5O2. The largest absolute Gasteiger partial charge is 0.495 e. The molecule has 4 rings (SSSR count). The van der Waals surface area contributed by atoms with Crippen LogP contribution in [-0.2, 0) is 6.54 Å². The number of fused-ring (bicyclic) bond motifs is 1. The molecular weight excluding hydrogens is 438 g/mol. The van der Waals surface area contributed by atoms with E-state index in [2.05, 4.69) is 33.4 Å². The molecule has 33 heavy (non-hydrogen) atoms. The van der Waals surface area contributed by atoms with Crippen molar-refractivity contribution in [3.05, 3.63) is 52.5 Å². The molecule has 2 aromatic carbocycles. The van der Waals surface area contributed by atoms with Crippen molar-refractivity contribution in [3.8, 4) is 11.8 Å². The number of nitrogens with zero attached hydrogens (tertiary/aromatic N) is 4. The van der Waals surface area contributed by atoms with E-state index in [0.717, 1.165) is 48.1 Å². The Hall–Kier alpha value is -3.08. The number of halogens is 1. The van der Waals surface area contributed by atoms with Crippen LogP contribution in [0.4, 0.5) is 11.6 Å². The maximum atomic E-state index is 9.48. The van der Waals surface area contributed by atoms with Crippen molar-refractivity contribution in [3.63, 3.8) is 0 Å². The number of aromatic nitrogens is 2. The third kappa shape index (κ3) is 4.97. The van der Waals surface area contributed by atoms with E-state index in [0.29, 0.717) is 40.5 Å². The summed E-state index contributed by atoms with van der Waals surface area (Å²) in [5, 5.41) is 33.7. The van der Waals surface area contributed by atoms with Crippen LogP contribution < -0.4 is 15.0 Å². The van der Waals surface area contributed by atoms with Gasteiger partial charge in [0.05, 0.1) is 23.8 Å². The quantitative estimate of drug-likeness (QED) is 0.525. The molecule has 0 spiro atoms. The number of nitriles is 1. The number of benzene rings is 2. The number of hydrogen-bond acceptors (Lipinski definition) is 7. The first kappa shape index (κ1) is 23.1. The summed E-state index contributed by atoms with van der Waals surface area (Å²) in [4.78, 5) is 2.26. The molecule has 1 aliphatic rings. The molecule has 0 bridgehead atoms. The predicted molar refractivity (Wildman–Crippen MR) is 131 cm³/mol. The van der Waals surface area contributed by atoms with Crippen molar-refractivity contribution in [2.45, 2.75) is 26.3 Å². The third-order valence-corrected chi connectivity index (χ3v) is 6.79. The Kier molecular flexibility index (Phi) is 7.17. The van der Waals surface area contributed by atoms with Crippen LogP contribution >= 0.6 is 11.6 Å². The number of hydrogen-bond donors (Lipinski definition) is 2. The zero-order chi connectivity index (χ0) is 23.4. The molecule has 1 saturated heterocycles. The number of ether oxygens (including phenoxy) is 1. The lowest BCUT2D eigenvalue weighted by molar-refractivity contribution is 0.170. The lowest BCUT2D eigenvalue weighted by Crippen LogP contribution is -2.37. The Balaban J connectivity index is 1.60. The van der Waals surface area contributed by atoms with E-state index in [9.17, 15) is 10.4 Å². The molecule has 1 fully saturated rings. The van der Waals surface area contributed by atoms with Crippen LogP contribution in [0.3, 0.4) is 0 Å². The summed E-state index contributed by atoms with van der Waals surface area (Å²) in [7, 11) is 1.59. The molecule has 1 unspecified atom stereocenters. The SMILES string of the molecule is COc1ccc(CNc2nnc(N3CCC(C(C)CO)CC3)c3ccc(C#N)cc23)cc1Cl. The normalized spacial score (nSPS) is 15.3. The first-order valence-corrected chi connectivity index (χ1v) is 11.5. The Morgan fingerprint density at radius 3 is 2.67 bits per heavy atom. The lowest BCUT2D eigenvalue weighted by Gasteiger charge is -2.35. The van der Waals surface area contributed by atoms with Gasteiger partial charge in [0.25, 0.3) is 0 Å². The van der Waals surface area contributed by atoms with Crippen LogP contribution in [0.1, 0.15) is 30.9 Å². The number of aliphatic hydroxyl groups excluding tert-OH is 1. The highest BCUT2D eigenvalue weighted by molar-refractivity contribution is 6.32. The van der Waals surface area contributed by atoms with Crippen LogP contribution in [0.2, 0.25) is 5.02 Å². The van der Waals surface area contributed by atoms with E-state index >= 15 is 0 Å². The van der Waals surface area contributed by atoms with Crippen LogP contribution in [0.25, 0.3) is 10.8 Å².